The number of nitrogens with one attached hydrogen (secondary N) is 1. The van der Waals surface area contributed by atoms with Crippen molar-refractivity contribution in [1.82, 2.24) is 15.1 Å². The summed E-state index contributed by atoms with van der Waals surface area (Å²) in [6.07, 6.45) is 1.70. The minimum absolute atomic E-state index is 0.0843. The highest BCUT2D eigenvalue weighted by molar-refractivity contribution is 7.94. The van der Waals surface area contributed by atoms with Crippen molar-refractivity contribution >= 4 is 9.84 Å². The molecule has 0 saturated heterocycles. The van der Waals surface area contributed by atoms with Crippen molar-refractivity contribution in [1.29, 1.82) is 0 Å². The van der Waals surface area contributed by atoms with Crippen LogP contribution in [-0.2, 0) is 23.4 Å². The average Bonchev–Trinajstić information content (AvgIpc) is 2.68. The Morgan fingerprint density at radius 2 is 2.24 bits per heavy atom. The zero-order valence-electron chi connectivity index (χ0n) is 10.3. The molecule has 0 aliphatic carbocycles. The van der Waals surface area contributed by atoms with Crippen LogP contribution in [0.3, 0.4) is 0 Å². The van der Waals surface area contributed by atoms with Crippen molar-refractivity contribution < 1.29 is 8.42 Å². The Bertz CT molecular complexity index is 558. The molecule has 0 aromatic carbocycles. The minimum atomic E-state index is -2.98. The summed E-state index contributed by atoms with van der Waals surface area (Å²) in [5.41, 5.74) is 3.24. The highest BCUT2D eigenvalue weighted by atomic mass is 32.2. The van der Waals surface area contributed by atoms with Gasteiger partial charge < -0.3 is 5.32 Å². The van der Waals surface area contributed by atoms with Crippen LogP contribution in [0.1, 0.15) is 17.0 Å². The van der Waals surface area contributed by atoms with E-state index in [4.69, 9.17) is 0 Å². The Morgan fingerprint density at radius 1 is 1.53 bits per heavy atom. The first-order chi connectivity index (χ1) is 7.89. The quantitative estimate of drug-likeness (QED) is 0.851. The Morgan fingerprint density at radius 3 is 2.71 bits per heavy atom. The monoisotopic (exact) mass is 255 g/mol. The van der Waals surface area contributed by atoms with E-state index in [0.717, 1.165) is 17.0 Å². The van der Waals surface area contributed by atoms with Gasteiger partial charge in [-0.15, -0.1) is 0 Å². The summed E-state index contributed by atoms with van der Waals surface area (Å²) in [6.45, 7) is 4.62. The van der Waals surface area contributed by atoms with E-state index < -0.39 is 9.84 Å². The molecule has 2 heterocycles. The smallest absolute Gasteiger partial charge is 0.173 e. The SMILES string of the molecule is Cc1nn(C)c(C)c1CNC1C=CS(=O)(=O)C1. The molecule has 0 radical (unpaired) electrons. The number of aromatic nitrogens is 2. The molecule has 1 N–H and O–H groups in total. The summed E-state index contributed by atoms with van der Waals surface area (Å²) >= 11 is 0. The topological polar surface area (TPSA) is 64.0 Å². The van der Waals surface area contributed by atoms with Crippen LogP contribution >= 0.6 is 0 Å². The Labute approximate surface area is 101 Å². The summed E-state index contributed by atoms with van der Waals surface area (Å²) < 4.78 is 24.3. The molecule has 0 spiro atoms. The lowest BCUT2D eigenvalue weighted by molar-refractivity contribution is 0.589. The second-order valence-electron chi connectivity index (χ2n) is 4.42. The Kier molecular flexibility index (Phi) is 3.09. The van der Waals surface area contributed by atoms with Crippen molar-refractivity contribution in [3.05, 3.63) is 28.4 Å². The maximum absolute atomic E-state index is 11.2. The van der Waals surface area contributed by atoms with Crippen molar-refractivity contribution in [3.63, 3.8) is 0 Å². The first-order valence-electron chi connectivity index (χ1n) is 5.52. The average molecular weight is 255 g/mol. The van der Waals surface area contributed by atoms with Crippen molar-refractivity contribution in [2.24, 2.45) is 7.05 Å². The second-order valence-corrected chi connectivity index (χ2v) is 6.35. The van der Waals surface area contributed by atoms with E-state index in [2.05, 4.69) is 10.4 Å². The maximum atomic E-state index is 11.2. The van der Waals surface area contributed by atoms with Crippen LogP contribution in [0, 0.1) is 13.8 Å². The van der Waals surface area contributed by atoms with Crippen LogP contribution in [0.15, 0.2) is 11.5 Å². The van der Waals surface area contributed by atoms with E-state index >= 15 is 0 Å². The predicted molar refractivity (Wildman–Crippen MR) is 66.2 cm³/mol. The van der Waals surface area contributed by atoms with Gasteiger partial charge >= 0.3 is 0 Å². The molecular weight excluding hydrogens is 238 g/mol. The normalized spacial score (nSPS) is 22.2. The standard InChI is InChI=1S/C11H17N3O2S/c1-8-11(9(2)14(3)13-8)6-12-10-4-5-17(15,16)7-10/h4-5,10,12H,6-7H2,1-3H3. The Balaban J connectivity index is 2.02. The second kappa shape index (κ2) is 4.27. The fraction of sp³-hybridized carbons (Fsp3) is 0.545. The molecule has 1 aromatic rings. The van der Waals surface area contributed by atoms with Crippen LogP contribution in [0.25, 0.3) is 0 Å². The Hall–Kier alpha value is -1.14. The fourth-order valence-electron chi connectivity index (χ4n) is 2.01. The summed E-state index contributed by atoms with van der Waals surface area (Å²) in [5.74, 6) is 0.158. The third-order valence-corrected chi connectivity index (χ3v) is 4.53. The number of aryl methyl sites for hydroxylation is 2. The number of nitrogens with zero attached hydrogens (tertiary/aromatic N) is 2. The van der Waals surface area contributed by atoms with Gasteiger partial charge in [-0.25, -0.2) is 8.42 Å². The van der Waals surface area contributed by atoms with Gasteiger partial charge in [-0.1, -0.05) is 6.08 Å². The molecule has 1 atom stereocenters. The number of hydrogen-bond donors (Lipinski definition) is 1. The van der Waals surface area contributed by atoms with E-state index in [9.17, 15) is 8.42 Å². The molecular formula is C11H17N3O2S. The molecule has 1 unspecified atom stereocenters. The fourth-order valence-corrected chi connectivity index (χ4v) is 3.28. The molecule has 1 aromatic heterocycles. The first-order valence-corrected chi connectivity index (χ1v) is 7.24. The van der Waals surface area contributed by atoms with E-state index in [-0.39, 0.29) is 11.8 Å². The number of hydrogen-bond acceptors (Lipinski definition) is 4. The first kappa shape index (κ1) is 12.3. The summed E-state index contributed by atoms with van der Waals surface area (Å²) in [7, 11) is -1.07. The van der Waals surface area contributed by atoms with Crippen molar-refractivity contribution in [2.45, 2.75) is 26.4 Å². The van der Waals surface area contributed by atoms with Gasteiger partial charge in [-0.05, 0) is 13.8 Å². The lowest BCUT2D eigenvalue weighted by Gasteiger charge is -2.09. The van der Waals surface area contributed by atoms with E-state index in [1.807, 2.05) is 25.6 Å². The van der Waals surface area contributed by atoms with E-state index in [1.54, 1.807) is 6.08 Å². The van der Waals surface area contributed by atoms with Gasteiger partial charge in [0.05, 0.1) is 11.4 Å². The highest BCUT2D eigenvalue weighted by Gasteiger charge is 2.21. The zero-order chi connectivity index (χ0) is 12.6. The molecule has 1 aliphatic heterocycles. The molecule has 6 heteroatoms. The lowest BCUT2D eigenvalue weighted by atomic mass is 10.2. The molecule has 1 aliphatic rings. The van der Waals surface area contributed by atoms with Gasteiger partial charge in [0.25, 0.3) is 0 Å². The molecule has 0 saturated carbocycles. The number of sulfone groups is 1. The van der Waals surface area contributed by atoms with E-state index in [0.29, 0.717) is 6.54 Å². The molecule has 0 fully saturated rings. The lowest BCUT2D eigenvalue weighted by Crippen LogP contribution is -2.29. The molecule has 0 amide bonds. The summed E-state index contributed by atoms with van der Waals surface area (Å²) in [6, 6.07) is -0.0843. The molecule has 17 heavy (non-hydrogen) atoms. The molecule has 2 rings (SSSR count). The van der Waals surface area contributed by atoms with Gasteiger partial charge in [-0.2, -0.15) is 5.10 Å². The van der Waals surface area contributed by atoms with Gasteiger partial charge in [0.1, 0.15) is 0 Å². The molecule has 0 bridgehead atoms. The highest BCUT2D eigenvalue weighted by Crippen LogP contribution is 2.13. The largest absolute Gasteiger partial charge is 0.305 e. The van der Waals surface area contributed by atoms with Crippen molar-refractivity contribution in [3.8, 4) is 0 Å². The summed E-state index contributed by atoms with van der Waals surface area (Å²) in [5, 5.41) is 8.84. The minimum Gasteiger partial charge on any atom is -0.305 e. The molecule has 94 valence electrons. The van der Waals surface area contributed by atoms with Crippen LogP contribution < -0.4 is 5.32 Å². The van der Waals surface area contributed by atoms with Crippen LogP contribution in [0.5, 0.6) is 0 Å². The molecule has 5 nitrogen and oxygen atoms in total. The van der Waals surface area contributed by atoms with Crippen LogP contribution in [0.4, 0.5) is 0 Å². The van der Waals surface area contributed by atoms with E-state index in [1.165, 1.54) is 5.41 Å². The summed E-state index contributed by atoms with van der Waals surface area (Å²) in [4.78, 5) is 0. The van der Waals surface area contributed by atoms with Crippen LogP contribution in [0.2, 0.25) is 0 Å². The number of rotatable bonds is 3. The third kappa shape index (κ3) is 2.58. The maximum Gasteiger partial charge on any atom is 0.173 e. The van der Waals surface area contributed by atoms with Gasteiger partial charge in [-0.3, -0.25) is 4.68 Å². The predicted octanol–water partition coefficient (Wildman–Crippen LogP) is 0.437. The van der Waals surface area contributed by atoms with Crippen molar-refractivity contribution in [2.75, 3.05) is 5.75 Å². The van der Waals surface area contributed by atoms with Gasteiger partial charge in [0, 0.05) is 36.3 Å². The van der Waals surface area contributed by atoms with Gasteiger partial charge in [0.15, 0.2) is 9.84 Å². The third-order valence-electron chi connectivity index (χ3n) is 3.13. The van der Waals surface area contributed by atoms with Gasteiger partial charge in [0.2, 0.25) is 0 Å². The zero-order valence-corrected chi connectivity index (χ0v) is 11.1. The van der Waals surface area contributed by atoms with Crippen LogP contribution in [-0.4, -0.2) is 30.0 Å².